The van der Waals surface area contributed by atoms with Crippen molar-refractivity contribution < 1.29 is 29.0 Å². The summed E-state index contributed by atoms with van der Waals surface area (Å²) in [6.45, 7) is 0.0523. The number of benzene rings is 1. The van der Waals surface area contributed by atoms with Crippen molar-refractivity contribution in [3.63, 3.8) is 0 Å². The molecule has 1 aromatic rings. The predicted octanol–water partition coefficient (Wildman–Crippen LogP) is 4.45. The van der Waals surface area contributed by atoms with Crippen molar-refractivity contribution in [1.29, 1.82) is 0 Å². The summed E-state index contributed by atoms with van der Waals surface area (Å²) in [4.78, 5) is 38.6. The Labute approximate surface area is 177 Å². The number of rotatable bonds is 13. The zero-order valence-electron chi connectivity index (χ0n) is 16.1. The van der Waals surface area contributed by atoms with E-state index in [-0.39, 0.29) is 30.5 Å². The Morgan fingerprint density at radius 2 is 1.93 bits per heavy atom. The van der Waals surface area contributed by atoms with E-state index in [1.165, 1.54) is 18.2 Å². The largest absolute Gasteiger partial charge is 0.462 e. The molecule has 0 N–H and O–H groups in total. The number of hydrogen-bond acceptors (Lipinski definition) is 9. The van der Waals surface area contributed by atoms with Crippen LogP contribution >= 0.6 is 21.6 Å². The summed E-state index contributed by atoms with van der Waals surface area (Å²) in [6.07, 6.45) is 5.22. The van der Waals surface area contributed by atoms with Crippen molar-refractivity contribution in [1.82, 2.24) is 0 Å². The molecular formula is C19H25NO7S2. The molecule has 0 unspecified atom stereocenters. The van der Waals surface area contributed by atoms with Crippen LogP contribution in [0.25, 0.3) is 0 Å². The highest BCUT2D eigenvalue weighted by molar-refractivity contribution is 8.77. The minimum absolute atomic E-state index is 0.0446. The van der Waals surface area contributed by atoms with Crippen LogP contribution < -0.4 is 4.74 Å². The van der Waals surface area contributed by atoms with Crippen molar-refractivity contribution in [3.05, 3.63) is 39.9 Å². The normalized spacial score (nSPS) is 15.7. The minimum atomic E-state index is -0.858. The Morgan fingerprint density at radius 1 is 1.14 bits per heavy atom. The maximum absolute atomic E-state index is 12.2. The first-order chi connectivity index (χ1) is 14.1. The molecule has 160 valence electrons. The molecule has 1 aliphatic rings. The second-order valence-electron chi connectivity index (χ2n) is 6.44. The van der Waals surface area contributed by atoms with Gasteiger partial charge in [-0.3, -0.25) is 4.79 Å². The second-order valence-corrected chi connectivity index (χ2v) is 9.23. The fourth-order valence-electron chi connectivity index (χ4n) is 2.69. The van der Waals surface area contributed by atoms with E-state index in [2.05, 4.69) is 4.84 Å². The van der Waals surface area contributed by atoms with Gasteiger partial charge in [-0.05, 0) is 44.2 Å². The molecule has 10 heteroatoms. The highest BCUT2D eigenvalue weighted by Gasteiger charge is 2.18. The van der Waals surface area contributed by atoms with E-state index in [1.807, 2.05) is 21.6 Å². The molecule has 2 rings (SSSR count). The summed E-state index contributed by atoms with van der Waals surface area (Å²) in [6, 6.07) is 6.45. The van der Waals surface area contributed by atoms with Crippen molar-refractivity contribution in [3.8, 4) is 5.75 Å². The summed E-state index contributed by atoms with van der Waals surface area (Å²) in [5.74, 6) is 0.425. The number of carbonyl (C=O) groups excluding carboxylic acids is 2. The molecule has 1 aliphatic heterocycles. The van der Waals surface area contributed by atoms with Gasteiger partial charge in [0.05, 0.1) is 13.2 Å². The van der Waals surface area contributed by atoms with Crippen LogP contribution in [-0.4, -0.2) is 41.2 Å². The fraction of sp³-hybridized carbons (Fsp3) is 0.579. The highest BCUT2D eigenvalue weighted by Crippen LogP contribution is 2.39. The van der Waals surface area contributed by atoms with Gasteiger partial charge < -0.3 is 14.3 Å². The van der Waals surface area contributed by atoms with Gasteiger partial charge in [0.1, 0.15) is 11.3 Å². The molecule has 0 aliphatic carbocycles. The number of nitrogens with zero attached hydrogens (tertiary/aromatic N) is 1. The van der Waals surface area contributed by atoms with Gasteiger partial charge in [-0.1, -0.05) is 40.1 Å². The molecular weight excluding hydrogens is 418 g/mol. The fourth-order valence-corrected chi connectivity index (χ4v) is 5.72. The maximum atomic E-state index is 12.2. The standard InChI is InChI=1S/C19H25NO7S2/c21-18(10-4-1-7-15-11-14-28-29-15)27-17-9-3-2-8-16(17)19(22)25-12-5-6-13-26-20(23)24/h2-3,8-9,15H,1,4-7,10-14H2/t15-/m1/s1. The second kappa shape index (κ2) is 13.3. The number of hydrogen-bond donors (Lipinski definition) is 0. The molecule has 1 atom stereocenters. The number of ether oxygens (including phenoxy) is 2. The maximum Gasteiger partial charge on any atom is 0.341 e. The lowest BCUT2D eigenvalue weighted by atomic mass is 10.1. The van der Waals surface area contributed by atoms with Gasteiger partial charge in [0.15, 0.2) is 0 Å². The Bertz CT molecular complexity index is 680. The number of unbranched alkanes of at least 4 members (excludes halogenated alkanes) is 2. The van der Waals surface area contributed by atoms with E-state index in [1.54, 1.807) is 18.2 Å². The van der Waals surface area contributed by atoms with E-state index in [0.717, 1.165) is 19.3 Å². The first-order valence-corrected chi connectivity index (χ1v) is 12.0. The monoisotopic (exact) mass is 443 g/mol. The van der Waals surface area contributed by atoms with Gasteiger partial charge in [0.2, 0.25) is 0 Å². The van der Waals surface area contributed by atoms with Crippen LogP contribution in [0.1, 0.15) is 55.3 Å². The third-order valence-corrected chi connectivity index (χ3v) is 7.19. The van der Waals surface area contributed by atoms with E-state index in [9.17, 15) is 19.7 Å². The number of esters is 2. The SMILES string of the molecule is O=C(CCCC[C@@H]1CCSS1)Oc1ccccc1C(=O)OCCCCO[N+](=O)[O-]. The predicted molar refractivity (Wildman–Crippen MR) is 111 cm³/mol. The van der Waals surface area contributed by atoms with Crippen molar-refractivity contribution in [2.45, 2.75) is 50.2 Å². The van der Waals surface area contributed by atoms with E-state index >= 15 is 0 Å². The van der Waals surface area contributed by atoms with Gasteiger partial charge in [-0.25, -0.2) is 4.79 Å². The molecule has 0 spiro atoms. The number of para-hydroxylation sites is 1. The van der Waals surface area contributed by atoms with Gasteiger partial charge in [0.25, 0.3) is 5.09 Å². The third-order valence-electron chi connectivity index (χ3n) is 4.18. The van der Waals surface area contributed by atoms with Crippen molar-refractivity contribution in [2.75, 3.05) is 19.0 Å². The van der Waals surface area contributed by atoms with Gasteiger partial charge >= 0.3 is 11.9 Å². The molecule has 1 aromatic carbocycles. The molecule has 29 heavy (non-hydrogen) atoms. The van der Waals surface area contributed by atoms with E-state index in [4.69, 9.17) is 9.47 Å². The van der Waals surface area contributed by atoms with Crippen molar-refractivity contribution >= 4 is 33.5 Å². The first-order valence-electron chi connectivity index (χ1n) is 9.58. The van der Waals surface area contributed by atoms with Crippen LogP contribution in [-0.2, 0) is 14.4 Å². The van der Waals surface area contributed by atoms with Gasteiger partial charge in [-0.15, -0.1) is 10.1 Å². The van der Waals surface area contributed by atoms with Crippen LogP contribution in [0.4, 0.5) is 0 Å². The topological polar surface area (TPSA) is 105 Å². The first kappa shape index (κ1) is 23.3. The number of carbonyl (C=O) groups is 2. The van der Waals surface area contributed by atoms with Crippen LogP contribution in [0, 0.1) is 10.1 Å². The average Bonchev–Trinajstić information content (AvgIpc) is 3.21. The Balaban J connectivity index is 1.70. The Morgan fingerprint density at radius 3 is 2.69 bits per heavy atom. The summed E-state index contributed by atoms with van der Waals surface area (Å²) in [7, 11) is 3.84. The summed E-state index contributed by atoms with van der Waals surface area (Å²) in [5.41, 5.74) is 0.182. The summed E-state index contributed by atoms with van der Waals surface area (Å²) >= 11 is 0. The molecule has 8 nitrogen and oxygen atoms in total. The van der Waals surface area contributed by atoms with E-state index < -0.39 is 11.1 Å². The van der Waals surface area contributed by atoms with Crippen molar-refractivity contribution in [2.24, 2.45) is 0 Å². The molecule has 1 saturated heterocycles. The van der Waals surface area contributed by atoms with E-state index in [0.29, 0.717) is 24.5 Å². The van der Waals surface area contributed by atoms with Gasteiger partial charge in [0, 0.05) is 17.4 Å². The van der Waals surface area contributed by atoms with Crippen LogP contribution in [0.15, 0.2) is 24.3 Å². The third kappa shape index (κ3) is 9.40. The zero-order valence-corrected chi connectivity index (χ0v) is 17.7. The lowest BCUT2D eigenvalue weighted by molar-refractivity contribution is -0.757. The smallest absolute Gasteiger partial charge is 0.341 e. The minimum Gasteiger partial charge on any atom is -0.462 e. The summed E-state index contributed by atoms with van der Waals surface area (Å²) in [5, 5.41) is 9.88. The molecule has 0 amide bonds. The zero-order chi connectivity index (χ0) is 20.9. The van der Waals surface area contributed by atoms with Crippen LogP contribution in [0.2, 0.25) is 0 Å². The molecule has 0 radical (unpaired) electrons. The molecule has 0 bridgehead atoms. The van der Waals surface area contributed by atoms with Crippen LogP contribution in [0.3, 0.4) is 0 Å². The Kier molecular flexibility index (Phi) is 10.7. The molecule has 1 fully saturated rings. The lowest BCUT2D eigenvalue weighted by Gasteiger charge is -2.10. The highest BCUT2D eigenvalue weighted by atomic mass is 33.1. The quantitative estimate of drug-likeness (QED) is 0.109. The van der Waals surface area contributed by atoms with Gasteiger partial charge in [-0.2, -0.15) is 0 Å². The molecule has 0 aromatic heterocycles. The lowest BCUT2D eigenvalue weighted by Crippen LogP contribution is -2.13. The molecule has 0 saturated carbocycles. The summed E-state index contributed by atoms with van der Waals surface area (Å²) < 4.78 is 10.5. The average molecular weight is 444 g/mol. The van der Waals surface area contributed by atoms with Crippen LogP contribution in [0.5, 0.6) is 5.75 Å². The Hall–Kier alpha value is -1.94. The molecule has 1 heterocycles.